The second-order valence-corrected chi connectivity index (χ2v) is 4.53. The molecule has 0 atom stereocenters. The maximum absolute atomic E-state index is 14.0. The minimum Gasteiger partial charge on any atom is -0.322 e. The second-order valence-electron chi connectivity index (χ2n) is 4.53. The summed E-state index contributed by atoms with van der Waals surface area (Å²) < 4.78 is 14.0. The summed E-state index contributed by atoms with van der Waals surface area (Å²) in [6, 6.07) is 8.72. The van der Waals surface area contributed by atoms with Crippen LogP contribution in [0.3, 0.4) is 0 Å². The molecule has 3 heteroatoms. The average molecular weight is 241 g/mol. The first kappa shape index (κ1) is 11.0. The van der Waals surface area contributed by atoms with Gasteiger partial charge in [0.2, 0.25) is 0 Å². The third-order valence-corrected chi connectivity index (χ3v) is 3.52. The van der Waals surface area contributed by atoms with Gasteiger partial charge in [-0.15, -0.1) is 0 Å². The van der Waals surface area contributed by atoms with E-state index in [-0.39, 0.29) is 11.4 Å². The zero-order chi connectivity index (χ0) is 12.9. The lowest BCUT2D eigenvalue weighted by molar-refractivity contribution is 0.641. The molecule has 3 rings (SSSR count). The molecular weight excluding hydrogens is 229 g/mol. The van der Waals surface area contributed by atoms with Crippen molar-refractivity contribution in [1.82, 2.24) is 4.98 Å². The molecule has 0 unspecified atom stereocenters. The fraction of sp³-hybridized carbons (Fsp3) is 0.133. The van der Waals surface area contributed by atoms with E-state index in [0.717, 1.165) is 16.3 Å². The van der Waals surface area contributed by atoms with Crippen LogP contribution in [-0.4, -0.2) is 4.98 Å². The fourth-order valence-corrected chi connectivity index (χ4v) is 2.41. The summed E-state index contributed by atoms with van der Waals surface area (Å²) in [5.41, 5.74) is 1.98. The topological polar surface area (TPSA) is 32.9 Å². The first-order valence-corrected chi connectivity index (χ1v) is 5.80. The Kier molecular flexibility index (Phi) is 2.23. The molecular formula is C15H12FNO. The molecule has 0 aliphatic rings. The molecule has 0 spiro atoms. The van der Waals surface area contributed by atoms with E-state index in [1.54, 1.807) is 13.0 Å². The van der Waals surface area contributed by atoms with Gasteiger partial charge in [0.15, 0.2) is 0 Å². The molecule has 0 aliphatic carbocycles. The number of halogens is 1. The predicted molar refractivity (Wildman–Crippen MR) is 71.5 cm³/mol. The Bertz CT molecular complexity index is 833. The van der Waals surface area contributed by atoms with Crippen LogP contribution in [0.1, 0.15) is 11.1 Å². The number of fused-ring (bicyclic) bond motifs is 3. The molecule has 1 N–H and O–H groups in total. The summed E-state index contributed by atoms with van der Waals surface area (Å²) in [7, 11) is 0. The molecule has 0 fully saturated rings. The number of aromatic nitrogens is 1. The molecule has 18 heavy (non-hydrogen) atoms. The number of nitrogens with one attached hydrogen (secondary N) is 1. The highest BCUT2D eigenvalue weighted by molar-refractivity contribution is 6.08. The number of rotatable bonds is 0. The lowest BCUT2D eigenvalue weighted by Crippen LogP contribution is -2.11. The molecule has 0 saturated heterocycles. The Morgan fingerprint density at radius 2 is 1.72 bits per heavy atom. The number of hydrogen-bond donors (Lipinski definition) is 1. The second kappa shape index (κ2) is 3.67. The van der Waals surface area contributed by atoms with Crippen molar-refractivity contribution in [2.24, 2.45) is 0 Å². The maximum atomic E-state index is 14.0. The Balaban J connectivity index is 2.70. The number of hydrogen-bond acceptors (Lipinski definition) is 1. The lowest BCUT2D eigenvalue weighted by atomic mass is 9.99. The molecule has 0 saturated carbocycles. The van der Waals surface area contributed by atoms with Crippen molar-refractivity contribution < 1.29 is 4.39 Å². The molecule has 0 amide bonds. The van der Waals surface area contributed by atoms with Gasteiger partial charge in [-0.05, 0) is 30.9 Å². The largest absolute Gasteiger partial charge is 0.322 e. The van der Waals surface area contributed by atoms with Crippen molar-refractivity contribution in [1.29, 1.82) is 0 Å². The highest BCUT2D eigenvalue weighted by Gasteiger charge is 2.11. The highest BCUT2D eigenvalue weighted by atomic mass is 19.1. The van der Waals surface area contributed by atoms with Crippen LogP contribution in [0.4, 0.5) is 4.39 Å². The summed E-state index contributed by atoms with van der Waals surface area (Å²) in [6.07, 6.45) is 0. The summed E-state index contributed by atoms with van der Waals surface area (Å²) >= 11 is 0. The van der Waals surface area contributed by atoms with Crippen LogP contribution in [0.5, 0.6) is 0 Å². The van der Waals surface area contributed by atoms with Gasteiger partial charge in [0.25, 0.3) is 5.56 Å². The fourth-order valence-electron chi connectivity index (χ4n) is 2.41. The van der Waals surface area contributed by atoms with E-state index in [0.29, 0.717) is 16.5 Å². The number of pyridine rings is 1. The Morgan fingerprint density at radius 1 is 1.06 bits per heavy atom. The first-order chi connectivity index (χ1) is 8.59. The van der Waals surface area contributed by atoms with Crippen LogP contribution in [0.2, 0.25) is 0 Å². The summed E-state index contributed by atoms with van der Waals surface area (Å²) in [5, 5.41) is 2.34. The SMILES string of the molecule is Cc1c(C)c2c(cc(F)c3ccccc32)[nH]c1=O. The van der Waals surface area contributed by atoms with Crippen molar-refractivity contribution in [3.8, 4) is 0 Å². The average Bonchev–Trinajstić information content (AvgIpc) is 2.36. The molecule has 2 nitrogen and oxygen atoms in total. The van der Waals surface area contributed by atoms with Crippen molar-refractivity contribution in [2.75, 3.05) is 0 Å². The molecule has 90 valence electrons. The van der Waals surface area contributed by atoms with Crippen LogP contribution in [0.25, 0.3) is 21.7 Å². The molecule has 3 aromatic rings. The van der Waals surface area contributed by atoms with Crippen molar-refractivity contribution in [3.05, 3.63) is 57.6 Å². The number of benzene rings is 2. The highest BCUT2D eigenvalue weighted by Crippen LogP contribution is 2.29. The Labute approximate surface area is 103 Å². The van der Waals surface area contributed by atoms with Crippen molar-refractivity contribution in [2.45, 2.75) is 13.8 Å². The summed E-state index contributed by atoms with van der Waals surface area (Å²) in [5.74, 6) is -0.308. The number of H-pyrrole nitrogens is 1. The van der Waals surface area contributed by atoms with Crippen LogP contribution in [-0.2, 0) is 0 Å². The molecule has 0 radical (unpaired) electrons. The molecule has 0 aliphatic heterocycles. The van der Waals surface area contributed by atoms with Crippen LogP contribution < -0.4 is 5.56 Å². The zero-order valence-electron chi connectivity index (χ0n) is 10.2. The summed E-state index contributed by atoms with van der Waals surface area (Å²) in [6.45, 7) is 3.68. The Morgan fingerprint density at radius 3 is 2.44 bits per heavy atom. The van der Waals surface area contributed by atoms with Crippen LogP contribution in [0.15, 0.2) is 35.1 Å². The molecule has 1 aromatic heterocycles. The Hall–Kier alpha value is -2.16. The van der Waals surface area contributed by atoms with Gasteiger partial charge >= 0.3 is 0 Å². The third kappa shape index (κ3) is 1.37. The van der Waals surface area contributed by atoms with Gasteiger partial charge in [0.05, 0.1) is 5.52 Å². The van der Waals surface area contributed by atoms with Gasteiger partial charge in [-0.2, -0.15) is 0 Å². The third-order valence-electron chi connectivity index (χ3n) is 3.52. The smallest absolute Gasteiger partial charge is 0.251 e. The molecule has 1 heterocycles. The van der Waals surface area contributed by atoms with E-state index in [9.17, 15) is 9.18 Å². The van der Waals surface area contributed by atoms with Crippen molar-refractivity contribution in [3.63, 3.8) is 0 Å². The van der Waals surface area contributed by atoms with E-state index in [4.69, 9.17) is 0 Å². The lowest BCUT2D eigenvalue weighted by Gasteiger charge is -2.09. The van der Waals surface area contributed by atoms with Gasteiger partial charge in [0.1, 0.15) is 5.82 Å². The first-order valence-electron chi connectivity index (χ1n) is 5.80. The monoisotopic (exact) mass is 241 g/mol. The predicted octanol–water partition coefficient (Wildman–Crippen LogP) is 3.44. The van der Waals surface area contributed by atoms with E-state index >= 15 is 0 Å². The van der Waals surface area contributed by atoms with Gasteiger partial charge in [0, 0.05) is 16.3 Å². The van der Waals surface area contributed by atoms with Crippen LogP contribution >= 0.6 is 0 Å². The zero-order valence-corrected chi connectivity index (χ0v) is 10.2. The summed E-state index contributed by atoms with van der Waals surface area (Å²) in [4.78, 5) is 14.5. The van der Waals surface area contributed by atoms with E-state index in [2.05, 4.69) is 4.98 Å². The maximum Gasteiger partial charge on any atom is 0.251 e. The van der Waals surface area contributed by atoms with Gasteiger partial charge in [-0.25, -0.2) is 4.39 Å². The van der Waals surface area contributed by atoms with E-state index < -0.39 is 0 Å². The van der Waals surface area contributed by atoms with E-state index in [1.165, 1.54) is 6.07 Å². The minimum atomic E-state index is -0.308. The van der Waals surface area contributed by atoms with Gasteiger partial charge in [-0.3, -0.25) is 4.79 Å². The quantitative estimate of drug-likeness (QED) is 0.601. The van der Waals surface area contributed by atoms with Gasteiger partial charge < -0.3 is 4.98 Å². The number of aromatic amines is 1. The number of aryl methyl sites for hydroxylation is 1. The molecule has 2 aromatic carbocycles. The van der Waals surface area contributed by atoms with Crippen LogP contribution in [0, 0.1) is 19.7 Å². The standard InChI is InChI=1S/C15H12FNO/c1-8-9(2)15(18)17-13-7-12(16)10-5-3-4-6-11(10)14(8)13/h3-7H,1-2H3,(H,17,18). The minimum absolute atomic E-state index is 0.158. The van der Waals surface area contributed by atoms with Gasteiger partial charge in [-0.1, -0.05) is 24.3 Å². The van der Waals surface area contributed by atoms with E-state index in [1.807, 2.05) is 25.1 Å². The van der Waals surface area contributed by atoms with Crippen molar-refractivity contribution >= 4 is 21.7 Å². The normalized spacial score (nSPS) is 11.3. The molecule has 0 bridgehead atoms.